The minimum Gasteiger partial charge on any atom is -0.303 e. The quantitative estimate of drug-likeness (QED) is 0.614. The van der Waals surface area contributed by atoms with E-state index in [4.69, 9.17) is 0 Å². The fraction of sp³-hybridized carbons (Fsp3) is 0.923. The topological polar surface area (TPSA) is 17.1 Å². The second-order valence-electron chi connectivity index (χ2n) is 5.84. The molecule has 0 N–H and O–H groups in total. The van der Waals surface area contributed by atoms with E-state index in [1.165, 1.54) is 57.7 Å². The van der Waals surface area contributed by atoms with Crippen molar-refractivity contribution in [1.29, 1.82) is 0 Å². The number of fused-ring (bicyclic) bond motifs is 2. The Balaban J connectivity index is 1.83. The van der Waals surface area contributed by atoms with Crippen LogP contribution in [-0.2, 0) is 4.79 Å². The third-order valence-corrected chi connectivity index (χ3v) is 5.25. The molecule has 0 aromatic heterocycles. The Bertz CT molecular complexity index is 240. The molecule has 0 aromatic carbocycles. The van der Waals surface area contributed by atoms with Crippen LogP contribution in [0.3, 0.4) is 0 Å². The van der Waals surface area contributed by atoms with Gasteiger partial charge in [0.2, 0.25) is 0 Å². The first kappa shape index (κ1) is 8.94. The summed E-state index contributed by atoms with van der Waals surface area (Å²) in [6.07, 6.45) is 12.0. The summed E-state index contributed by atoms with van der Waals surface area (Å²) in [7, 11) is 0. The lowest BCUT2D eigenvalue weighted by atomic mass is 9.68. The van der Waals surface area contributed by atoms with E-state index in [2.05, 4.69) is 0 Å². The van der Waals surface area contributed by atoms with Crippen molar-refractivity contribution in [3.05, 3.63) is 0 Å². The van der Waals surface area contributed by atoms with E-state index >= 15 is 0 Å². The van der Waals surface area contributed by atoms with Crippen molar-refractivity contribution in [3.63, 3.8) is 0 Å². The predicted molar refractivity (Wildman–Crippen MR) is 55.9 cm³/mol. The molecule has 3 aliphatic carbocycles. The Morgan fingerprint density at radius 2 is 1.86 bits per heavy atom. The molecule has 0 saturated heterocycles. The van der Waals surface area contributed by atoms with Crippen LogP contribution in [0.5, 0.6) is 0 Å². The van der Waals surface area contributed by atoms with Gasteiger partial charge in [0.15, 0.2) is 0 Å². The highest BCUT2D eigenvalue weighted by Gasteiger charge is 2.51. The molecule has 3 unspecified atom stereocenters. The number of rotatable bonds is 2. The normalized spacial score (nSPS) is 44.4. The molecule has 3 fully saturated rings. The van der Waals surface area contributed by atoms with E-state index in [9.17, 15) is 4.79 Å². The fourth-order valence-corrected chi connectivity index (χ4v) is 4.56. The first-order valence-electron chi connectivity index (χ1n) is 6.30. The van der Waals surface area contributed by atoms with E-state index in [0.29, 0.717) is 0 Å². The molecule has 0 radical (unpaired) electrons. The minimum atomic E-state index is 0.139. The van der Waals surface area contributed by atoms with Crippen LogP contribution in [0, 0.1) is 23.2 Å². The summed E-state index contributed by atoms with van der Waals surface area (Å²) in [6, 6.07) is 0. The highest BCUT2D eigenvalue weighted by molar-refractivity contribution is 5.61. The maximum atomic E-state index is 11.4. The van der Waals surface area contributed by atoms with Crippen LogP contribution in [-0.4, -0.2) is 6.29 Å². The van der Waals surface area contributed by atoms with Gasteiger partial charge in [0.1, 0.15) is 6.29 Å². The van der Waals surface area contributed by atoms with Crippen molar-refractivity contribution in [2.75, 3.05) is 0 Å². The zero-order chi connectivity index (χ0) is 9.60. The van der Waals surface area contributed by atoms with Crippen LogP contribution < -0.4 is 0 Å². The number of hydrogen-bond acceptors (Lipinski definition) is 1. The van der Waals surface area contributed by atoms with Crippen molar-refractivity contribution < 1.29 is 4.79 Å². The van der Waals surface area contributed by atoms with E-state index < -0.39 is 0 Å². The zero-order valence-electron chi connectivity index (χ0n) is 8.87. The number of aldehydes is 1. The number of hydrogen-bond donors (Lipinski definition) is 0. The molecule has 78 valence electrons. The van der Waals surface area contributed by atoms with E-state index in [1.807, 2.05) is 0 Å². The molecular weight excluding hydrogens is 172 g/mol. The lowest BCUT2D eigenvalue weighted by Gasteiger charge is -2.35. The van der Waals surface area contributed by atoms with E-state index in [1.54, 1.807) is 0 Å². The van der Waals surface area contributed by atoms with Gasteiger partial charge < -0.3 is 4.79 Å². The molecule has 2 bridgehead atoms. The lowest BCUT2D eigenvalue weighted by Crippen LogP contribution is -2.33. The molecule has 0 heterocycles. The Labute approximate surface area is 86.3 Å². The maximum Gasteiger partial charge on any atom is 0.126 e. The van der Waals surface area contributed by atoms with Gasteiger partial charge in [-0.2, -0.15) is 0 Å². The summed E-state index contributed by atoms with van der Waals surface area (Å²) in [6.45, 7) is 0. The Hall–Kier alpha value is -0.330. The van der Waals surface area contributed by atoms with Crippen molar-refractivity contribution in [1.82, 2.24) is 0 Å². The minimum absolute atomic E-state index is 0.139. The summed E-state index contributed by atoms with van der Waals surface area (Å²) in [4.78, 5) is 11.4. The number of carbonyl (C=O) groups excluding carboxylic acids is 1. The second kappa shape index (κ2) is 3.08. The first-order valence-corrected chi connectivity index (χ1v) is 6.30. The molecule has 0 aromatic rings. The van der Waals surface area contributed by atoms with Crippen LogP contribution in [0.1, 0.15) is 51.4 Å². The van der Waals surface area contributed by atoms with Gasteiger partial charge in [-0.3, -0.25) is 0 Å². The van der Waals surface area contributed by atoms with Crippen LogP contribution in [0.4, 0.5) is 0 Å². The molecule has 3 rings (SSSR count). The average Bonchev–Trinajstić information content (AvgIpc) is 2.94. The second-order valence-corrected chi connectivity index (χ2v) is 5.84. The van der Waals surface area contributed by atoms with Crippen LogP contribution >= 0.6 is 0 Å². The largest absolute Gasteiger partial charge is 0.303 e. The van der Waals surface area contributed by atoms with Gasteiger partial charge in [-0.05, 0) is 49.9 Å². The lowest BCUT2D eigenvalue weighted by molar-refractivity contribution is -0.120. The Kier molecular flexibility index (Phi) is 1.97. The van der Waals surface area contributed by atoms with Crippen molar-refractivity contribution in [2.24, 2.45) is 23.2 Å². The maximum absolute atomic E-state index is 11.4. The predicted octanol–water partition coefficient (Wildman–Crippen LogP) is 3.18. The molecule has 3 aliphatic rings. The molecule has 3 atom stereocenters. The smallest absolute Gasteiger partial charge is 0.126 e. The Morgan fingerprint density at radius 1 is 1.07 bits per heavy atom. The third kappa shape index (κ3) is 1.11. The molecular formula is C13H20O. The highest BCUT2D eigenvalue weighted by Crippen LogP contribution is 2.58. The molecule has 0 aliphatic heterocycles. The van der Waals surface area contributed by atoms with E-state index in [-0.39, 0.29) is 5.41 Å². The van der Waals surface area contributed by atoms with Gasteiger partial charge in [0, 0.05) is 5.41 Å². The molecule has 3 saturated carbocycles. The SMILES string of the molecule is O=CC1(C2CC3CCC2C3)CCCC1. The van der Waals surface area contributed by atoms with Crippen LogP contribution in [0.25, 0.3) is 0 Å². The van der Waals surface area contributed by atoms with E-state index in [0.717, 1.165) is 17.8 Å². The fourth-order valence-electron chi connectivity index (χ4n) is 4.56. The molecule has 1 heteroatoms. The van der Waals surface area contributed by atoms with Gasteiger partial charge >= 0.3 is 0 Å². The summed E-state index contributed by atoms with van der Waals surface area (Å²) < 4.78 is 0. The van der Waals surface area contributed by atoms with Crippen molar-refractivity contribution in [3.8, 4) is 0 Å². The summed E-state index contributed by atoms with van der Waals surface area (Å²) in [5.41, 5.74) is 0.139. The highest BCUT2D eigenvalue weighted by atomic mass is 16.1. The summed E-state index contributed by atoms with van der Waals surface area (Å²) in [5.74, 6) is 2.69. The third-order valence-electron chi connectivity index (χ3n) is 5.25. The monoisotopic (exact) mass is 192 g/mol. The van der Waals surface area contributed by atoms with Crippen molar-refractivity contribution in [2.45, 2.75) is 51.4 Å². The van der Waals surface area contributed by atoms with Gasteiger partial charge in [0.05, 0.1) is 0 Å². The van der Waals surface area contributed by atoms with Gasteiger partial charge in [-0.25, -0.2) is 0 Å². The summed E-state index contributed by atoms with van der Waals surface area (Å²) in [5, 5.41) is 0. The van der Waals surface area contributed by atoms with Crippen LogP contribution in [0.2, 0.25) is 0 Å². The summed E-state index contributed by atoms with van der Waals surface area (Å²) >= 11 is 0. The van der Waals surface area contributed by atoms with Gasteiger partial charge in [-0.15, -0.1) is 0 Å². The van der Waals surface area contributed by atoms with Crippen LogP contribution in [0.15, 0.2) is 0 Å². The number of carbonyl (C=O) groups is 1. The average molecular weight is 192 g/mol. The molecule has 0 amide bonds. The Morgan fingerprint density at radius 3 is 2.36 bits per heavy atom. The van der Waals surface area contributed by atoms with Gasteiger partial charge in [-0.1, -0.05) is 19.3 Å². The van der Waals surface area contributed by atoms with Crippen molar-refractivity contribution >= 4 is 6.29 Å². The molecule has 14 heavy (non-hydrogen) atoms. The first-order chi connectivity index (χ1) is 6.84. The standard InChI is InChI=1S/C13H20O/c14-9-13(5-1-2-6-13)12-8-10-3-4-11(12)7-10/h9-12H,1-8H2. The zero-order valence-corrected chi connectivity index (χ0v) is 8.87. The molecule has 0 spiro atoms. The van der Waals surface area contributed by atoms with Gasteiger partial charge in [0.25, 0.3) is 0 Å². The molecule has 1 nitrogen and oxygen atoms in total.